The number of amides is 2. The van der Waals surface area contributed by atoms with Gasteiger partial charge in [-0.25, -0.2) is 0 Å². The lowest BCUT2D eigenvalue weighted by Gasteiger charge is -2.11. The number of rotatable bonds is 7. The van der Waals surface area contributed by atoms with Crippen LogP contribution in [0, 0.1) is 12.8 Å². The lowest BCUT2D eigenvalue weighted by atomic mass is 10.1. The zero-order valence-electron chi connectivity index (χ0n) is 16.4. The molecule has 0 unspecified atom stereocenters. The van der Waals surface area contributed by atoms with Crippen molar-refractivity contribution in [2.75, 3.05) is 10.6 Å². The summed E-state index contributed by atoms with van der Waals surface area (Å²) >= 11 is 3.40. The van der Waals surface area contributed by atoms with Gasteiger partial charge in [0.25, 0.3) is 5.91 Å². The van der Waals surface area contributed by atoms with Gasteiger partial charge in [-0.05, 0) is 67.8 Å². The maximum absolute atomic E-state index is 12.6. The molecule has 4 rings (SSSR count). The summed E-state index contributed by atoms with van der Waals surface area (Å²) in [5.74, 6) is 1.21. The van der Waals surface area contributed by atoms with Gasteiger partial charge in [-0.2, -0.15) is 0 Å². The first-order valence-electron chi connectivity index (χ1n) is 9.68. The number of hydrogen-bond acceptors (Lipinski definition) is 4. The van der Waals surface area contributed by atoms with Crippen molar-refractivity contribution in [3.05, 3.63) is 76.2 Å². The summed E-state index contributed by atoms with van der Waals surface area (Å²) in [5, 5.41) is 5.74. The SMILES string of the molecule is Cc1ccc(NC(=O)C2CC2)cc1NC(=O)c1ccc(COc2cccc(Br)c2)o1. The molecule has 0 spiro atoms. The van der Waals surface area contributed by atoms with E-state index < -0.39 is 0 Å². The maximum Gasteiger partial charge on any atom is 0.291 e. The van der Waals surface area contributed by atoms with Gasteiger partial charge in [0.05, 0.1) is 0 Å². The number of carbonyl (C=O) groups excluding carboxylic acids is 2. The molecule has 2 aromatic carbocycles. The number of carbonyl (C=O) groups is 2. The number of nitrogens with one attached hydrogen (secondary N) is 2. The van der Waals surface area contributed by atoms with Crippen LogP contribution in [0.3, 0.4) is 0 Å². The van der Waals surface area contributed by atoms with Gasteiger partial charge in [-0.1, -0.05) is 28.1 Å². The third-order valence-electron chi connectivity index (χ3n) is 4.76. The van der Waals surface area contributed by atoms with Crippen molar-refractivity contribution in [3.8, 4) is 5.75 Å². The smallest absolute Gasteiger partial charge is 0.291 e. The number of halogens is 1. The minimum absolute atomic E-state index is 0.0252. The Bertz CT molecular complexity index is 1090. The Morgan fingerprint density at radius 3 is 2.70 bits per heavy atom. The maximum atomic E-state index is 12.6. The second-order valence-electron chi connectivity index (χ2n) is 7.26. The lowest BCUT2D eigenvalue weighted by Crippen LogP contribution is -2.15. The van der Waals surface area contributed by atoms with Gasteiger partial charge in [-0.15, -0.1) is 0 Å². The molecule has 0 bridgehead atoms. The summed E-state index contributed by atoms with van der Waals surface area (Å²) in [5.41, 5.74) is 2.17. The third kappa shape index (κ3) is 5.10. The van der Waals surface area contributed by atoms with Crippen LogP contribution in [0.5, 0.6) is 5.75 Å². The van der Waals surface area contributed by atoms with E-state index in [1.165, 1.54) is 0 Å². The van der Waals surface area contributed by atoms with E-state index in [9.17, 15) is 9.59 Å². The van der Waals surface area contributed by atoms with Crippen molar-refractivity contribution in [1.82, 2.24) is 0 Å². The quantitative estimate of drug-likeness (QED) is 0.477. The van der Waals surface area contributed by atoms with Crippen LogP contribution in [-0.2, 0) is 11.4 Å². The summed E-state index contributed by atoms with van der Waals surface area (Å²) in [6.07, 6.45) is 1.88. The highest BCUT2D eigenvalue weighted by Gasteiger charge is 2.29. The Kier molecular flexibility index (Phi) is 5.90. The summed E-state index contributed by atoms with van der Waals surface area (Å²) in [4.78, 5) is 24.6. The van der Waals surface area contributed by atoms with E-state index in [0.29, 0.717) is 22.9 Å². The van der Waals surface area contributed by atoms with Crippen molar-refractivity contribution in [3.63, 3.8) is 0 Å². The fourth-order valence-electron chi connectivity index (χ4n) is 2.90. The first-order valence-corrected chi connectivity index (χ1v) is 10.5. The molecule has 1 saturated carbocycles. The van der Waals surface area contributed by atoms with Crippen LogP contribution in [-0.4, -0.2) is 11.8 Å². The van der Waals surface area contributed by atoms with Crippen LogP contribution >= 0.6 is 15.9 Å². The number of benzene rings is 2. The molecule has 0 atom stereocenters. The molecule has 1 aliphatic rings. The van der Waals surface area contributed by atoms with Crippen molar-refractivity contribution in [2.24, 2.45) is 5.92 Å². The lowest BCUT2D eigenvalue weighted by molar-refractivity contribution is -0.117. The summed E-state index contributed by atoms with van der Waals surface area (Å²) in [6, 6.07) is 16.3. The highest BCUT2D eigenvalue weighted by molar-refractivity contribution is 9.10. The topological polar surface area (TPSA) is 80.6 Å². The molecule has 1 heterocycles. The van der Waals surface area contributed by atoms with E-state index in [4.69, 9.17) is 9.15 Å². The van der Waals surface area contributed by atoms with Gasteiger partial charge in [-0.3, -0.25) is 9.59 Å². The molecule has 3 aromatic rings. The number of furan rings is 1. The minimum Gasteiger partial charge on any atom is -0.486 e. The minimum atomic E-state index is -0.363. The van der Waals surface area contributed by atoms with Crippen LogP contribution in [0.1, 0.15) is 34.7 Å². The number of hydrogen-bond donors (Lipinski definition) is 2. The normalized spacial score (nSPS) is 13.0. The monoisotopic (exact) mass is 468 g/mol. The Morgan fingerprint density at radius 1 is 1.10 bits per heavy atom. The van der Waals surface area contributed by atoms with Gasteiger partial charge in [0.2, 0.25) is 5.91 Å². The molecule has 7 heteroatoms. The predicted molar refractivity (Wildman–Crippen MR) is 118 cm³/mol. The molecule has 2 amide bonds. The number of anilines is 2. The first-order chi connectivity index (χ1) is 14.5. The van der Waals surface area contributed by atoms with Crippen LogP contribution in [0.4, 0.5) is 11.4 Å². The summed E-state index contributed by atoms with van der Waals surface area (Å²) < 4.78 is 12.2. The first kappa shape index (κ1) is 20.2. The highest BCUT2D eigenvalue weighted by Crippen LogP contribution is 2.31. The van der Waals surface area contributed by atoms with E-state index in [0.717, 1.165) is 22.9 Å². The Hall–Kier alpha value is -3.06. The molecule has 1 fully saturated rings. The van der Waals surface area contributed by atoms with Gasteiger partial charge in [0.1, 0.15) is 18.1 Å². The molecule has 0 saturated heterocycles. The molecule has 1 aromatic heterocycles. The second-order valence-corrected chi connectivity index (χ2v) is 8.18. The van der Waals surface area contributed by atoms with Crippen molar-refractivity contribution in [1.29, 1.82) is 0 Å². The van der Waals surface area contributed by atoms with Crippen LogP contribution in [0.2, 0.25) is 0 Å². The fourth-order valence-corrected chi connectivity index (χ4v) is 3.28. The van der Waals surface area contributed by atoms with E-state index >= 15 is 0 Å². The van der Waals surface area contributed by atoms with Gasteiger partial charge in [0.15, 0.2) is 5.76 Å². The fraction of sp³-hybridized carbons (Fsp3) is 0.217. The molecule has 2 N–H and O–H groups in total. The van der Waals surface area contributed by atoms with Gasteiger partial charge >= 0.3 is 0 Å². The number of ether oxygens (including phenoxy) is 1. The molecule has 30 heavy (non-hydrogen) atoms. The van der Waals surface area contributed by atoms with Gasteiger partial charge < -0.3 is 19.8 Å². The van der Waals surface area contributed by atoms with Crippen molar-refractivity contribution < 1.29 is 18.7 Å². The molecular weight excluding hydrogens is 448 g/mol. The van der Waals surface area contributed by atoms with Crippen molar-refractivity contribution in [2.45, 2.75) is 26.4 Å². The molecule has 0 radical (unpaired) electrons. The van der Waals surface area contributed by atoms with E-state index in [1.54, 1.807) is 18.2 Å². The molecule has 154 valence electrons. The van der Waals surface area contributed by atoms with E-state index in [-0.39, 0.29) is 30.1 Å². The second kappa shape index (κ2) is 8.75. The zero-order chi connectivity index (χ0) is 21.1. The molecule has 0 aliphatic heterocycles. The van der Waals surface area contributed by atoms with E-state index in [2.05, 4.69) is 26.6 Å². The Balaban J connectivity index is 1.38. The molecule has 6 nitrogen and oxygen atoms in total. The molecule has 1 aliphatic carbocycles. The zero-order valence-corrected chi connectivity index (χ0v) is 18.0. The van der Waals surface area contributed by atoms with Crippen LogP contribution in [0.25, 0.3) is 0 Å². The Morgan fingerprint density at radius 2 is 1.93 bits per heavy atom. The Labute approximate surface area is 182 Å². The largest absolute Gasteiger partial charge is 0.486 e. The van der Waals surface area contributed by atoms with Crippen LogP contribution in [0.15, 0.2) is 63.5 Å². The highest BCUT2D eigenvalue weighted by atomic mass is 79.9. The third-order valence-corrected chi connectivity index (χ3v) is 5.26. The average molecular weight is 469 g/mol. The molecular formula is C23H21BrN2O4. The number of aryl methyl sites for hydroxylation is 1. The summed E-state index contributed by atoms with van der Waals surface area (Å²) in [6.45, 7) is 2.10. The van der Waals surface area contributed by atoms with Crippen molar-refractivity contribution >= 4 is 39.1 Å². The summed E-state index contributed by atoms with van der Waals surface area (Å²) in [7, 11) is 0. The van der Waals surface area contributed by atoms with Crippen LogP contribution < -0.4 is 15.4 Å². The average Bonchev–Trinajstić information content (AvgIpc) is 3.47. The predicted octanol–water partition coefficient (Wildman–Crippen LogP) is 5.53. The van der Waals surface area contributed by atoms with E-state index in [1.807, 2.05) is 43.3 Å². The standard InChI is InChI=1S/C23H21BrN2O4/c1-14-5-8-17(25-22(27)15-6-7-15)12-20(14)26-23(28)21-10-9-19(30-21)13-29-18-4-2-3-16(24)11-18/h2-5,8-12,15H,6-7,13H2,1H3,(H,25,27)(H,26,28). The van der Waals surface area contributed by atoms with Gasteiger partial charge in [0, 0.05) is 21.8 Å².